The van der Waals surface area contributed by atoms with E-state index >= 15 is 0 Å². The molecule has 3 rings (SSSR count). The highest BCUT2D eigenvalue weighted by molar-refractivity contribution is 5.89. The molecule has 2 aromatic carbocycles. The van der Waals surface area contributed by atoms with Crippen LogP contribution in [0.15, 0.2) is 60.7 Å². The number of para-hydroxylation sites is 1. The molecule has 0 fully saturated rings. The molecule has 0 aliphatic carbocycles. The molecule has 1 aromatic heterocycles. The van der Waals surface area contributed by atoms with Gasteiger partial charge in [0.05, 0.1) is 17.8 Å². The predicted octanol–water partition coefficient (Wildman–Crippen LogP) is 4.45. The number of pyridine rings is 1. The summed E-state index contributed by atoms with van der Waals surface area (Å²) >= 11 is 0. The van der Waals surface area contributed by atoms with Crippen molar-refractivity contribution in [2.24, 2.45) is 0 Å². The third-order valence-electron chi connectivity index (χ3n) is 2.87. The molecule has 0 radical (unpaired) electrons. The number of benzene rings is 2. The lowest BCUT2D eigenvalue weighted by atomic mass is 10.1. The summed E-state index contributed by atoms with van der Waals surface area (Å²) in [5.41, 5.74) is 3.25. The van der Waals surface area contributed by atoms with Crippen LogP contribution >= 0.6 is 0 Å². The van der Waals surface area contributed by atoms with Gasteiger partial charge in [-0.3, -0.25) is 4.98 Å². The largest absolute Gasteiger partial charge is 0.259 e. The number of fused-ring (bicyclic) bond motifs is 1. The Kier molecular flexibility index (Phi) is 2.51. The number of aromatic nitrogens is 1. The van der Waals surface area contributed by atoms with Gasteiger partial charge in [0.1, 0.15) is 0 Å². The van der Waals surface area contributed by atoms with Crippen molar-refractivity contribution in [2.45, 2.75) is 0 Å². The molecule has 0 amide bonds. The second-order valence-electron chi connectivity index (χ2n) is 4.03. The van der Waals surface area contributed by atoms with E-state index in [1.807, 2.05) is 60.7 Å². The molecule has 2 nitrogen and oxygen atoms in total. The van der Waals surface area contributed by atoms with Gasteiger partial charge in [-0.05, 0) is 23.1 Å². The quantitative estimate of drug-likeness (QED) is 0.564. The Bertz CT molecular complexity index is 740. The third-order valence-corrected chi connectivity index (χ3v) is 2.87. The number of nitrogens with zero attached hydrogens (tertiary/aromatic N) is 2. The molecule has 18 heavy (non-hydrogen) atoms. The maximum absolute atomic E-state index is 7.29. The molecule has 2 heteroatoms. The highest BCUT2D eigenvalue weighted by Gasteiger charge is 2.08. The van der Waals surface area contributed by atoms with Gasteiger partial charge in [-0.1, -0.05) is 48.5 Å². The minimum absolute atomic E-state index is 0.597. The van der Waals surface area contributed by atoms with Gasteiger partial charge in [0.2, 0.25) is 5.69 Å². The lowest BCUT2D eigenvalue weighted by molar-refractivity contribution is 1.41. The molecule has 0 N–H and O–H groups in total. The van der Waals surface area contributed by atoms with Gasteiger partial charge in [0.25, 0.3) is 0 Å². The Morgan fingerprint density at radius 3 is 2.39 bits per heavy atom. The summed E-state index contributed by atoms with van der Waals surface area (Å²) in [6.45, 7) is 7.29. The fourth-order valence-electron chi connectivity index (χ4n) is 2.00. The van der Waals surface area contributed by atoms with E-state index in [9.17, 15) is 0 Å². The van der Waals surface area contributed by atoms with Gasteiger partial charge in [-0.25, -0.2) is 4.85 Å². The van der Waals surface area contributed by atoms with E-state index < -0.39 is 0 Å². The van der Waals surface area contributed by atoms with Crippen LogP contribution in [-0.4, -0.2) is 4.98 Å². The highest BCUT2D eigenvalue weighted by Crippen LogP contribution is 2.31. The number of rotatable bonds is 1. The minimum Gasteiger partial charge on any atom is -0.259 e. The number of hydrogen-bond acceptors (Lipinski definition) is 1. The molecule has 0 unspecified atom stereocenters. The van der Waals surface area contributed by atoms with Crippen molar-refractivity contribution in [1.82, 2.24) is 4.98 Å². The van der Waals surface area contributed by atoms with Crippen LogP contribution in [0.25, 0.3) is 27.0 Å². The van der Waals surface area contributed by atoms with Crippen molar-refractivity contribution in [2.75, 3.05) is 0 Å². The van der Waals surface area contributed by atoms with E-state index in [1.54, 1.807) is 0 Å². The zero-order valence-electron chi connectivity index (χ0n) is 9.67. The van der Waals surface area contributed by atoms with Gasteiger partial charge in [0, 0.05) is 0 Å². The standard InChI is InChI=1S/C16H10N2/c1-17-15-11-13-9-5-6-10-14(13)18-16(15)12-7-3-2-4-8-12/h2-11H. The molecule has 0 saturated heterocycles. The van der Waals surface area contributed by atoms with E-state index in [1.165, 1.54) is 0 Å². The summed E-state index contributed by atoms with van der Waals surface area (Å²) in [4.78, 5) is 8.19. The van der Waals surface area contributed by atoms with Gasteiger partial charge in [-0.2, -0.15) is 0 Å². The molecular formula is C16H10N2. The smallest absolute Gasteiger partial charge is 0.213 e. The summed E-state index contributed by atoms with van der Waals surface area (Å²) in [6.07, 6.45) is 0. The Balaban J connectivity index is 2.32. The van der Waals surface area contributed by atoms with Gasteiger partial charge in [-0.15, -0.1) is 0 Å². The first-order chi connectivity index (χ1) is 8.88. The molecule has 0 atom stereocenters. The average Bonchev–Trinajstić information content (AvgIpc) is 2.46. The van der Waals surface area contributed by atoms with Crippen molar-refractivity contribution in [3.63, 3.8) is 0 Å². The molecule has 0 saturated carbocycles. The van der Waals surface area contributed by atoms with Crippen LogP contribution in [0.4, 0.5) is 5.69 Å². The van der Waals surface area contributed by atoms with E-state index in [4.69, 9.17) is 6.57 Å². The molecule has 0 aliphatic rings. The average molecular weight is 230 g/mol. The Hall–Kier alpha value is -2.66. The SMILES string of the molecule is [C-]#[N+]c1cc2ccccc2nc1-c1ccccc1. The van der Waals surface area contributed by atoms with Crippen LogP contribution in [0.5, 0.6) is 0 Å². The van der Waals surface area contributed by atoms with Crippen LogP contribution in [0, 0.1) is 6.57 Å². The summed E-state index contributed by atoms with van der Waals surface area (Å²) in [5, 5.41) is 1.00. The van der Waals surface area contributed by atoms with Crippen molar-refractivity contribution in [1.29, 1.82) is 0 Å². The molecular weight excluding hydrogens is 220 g/mol. The summed E-state index contributed by atoms with van der Waals surface area (Å²) in [6, 6.07) is 19.6. The minimum atomic E-state index is 0.597. The van der Waals surface area contributed by atoms with Crippen LogP contribution in [0.3, 0.4) is 0 Å². The lowest BCUT2D eigenvalue weighted by Crippen LogP contribution is -1.85. The van der Waals surface area contributed by atoms with Gasteiger partial charge in [0.15, 0.2) is 0 Å². The third kappa shape index (κ3) is 1.72. The second-order valence-corrected chi connectivity index (χ2v) is 4.03. The number of hydrogen-bond donors (Lipinski definition) is 0. The first-order valence-corrected chi connectivity index (χ1v) is 5.71. The predicted molar refractivity (Wildman–Crippen MR) is 73.4 cm³/mol. The molecule has 3 aromatic rings. The van der Waals surface area contributed by atoms with Crippen LogP contribution in [0.2, 0.25) is 0 Å². The first kappa shape index (κ1) is 10.5. The maximum atomic E-state index is 7.29. The maximum Gasteiger partial charge on any atom is 0.213 e. The lowest BCUT2D eigenvalue weighted by Gasteiger charge is -2.05. The first-order valence-electron chi connectivity index (χ1n) is 5.71. The van der Waals surface area contributed by atoms with E-state index in [2.05, 4.69) is 9.83 Å². The topological polar surface area (TPSA) is 17.2 Å². The van der Waals surface area contributed by atoms with Crippen molar-refractivity contribution in [3.8, 4) is 11.3 Å². The van der Waals surface area contributed by atoms with E-state index in [0.29, 0.717) is 5.69 Å². The van der Waals surface area contributed by atoms with Crippen LogP contribution in [-0.2, 0) is 0 Å². The van der Waals surface area contributed by atoms with Crippen LogP contribution in [0.1, 0.15) is 0 Å². The monoisotopic (exact) mass is 230 g/mol. The zero-order valence-corrected chi connectivity index (χ0v) is 9.67. The fraction of sp³-hybridized carbons (Fsp3) is 0. The van der Waals surface area contributed by atoms with Crippen molar-refractivity contribution >= 4 is 16.6 Å². The Labute approximate surface area is 105 Å². The van der Waals surface area contributed by atoms with E-state index in [-0.39, 0.29) is 0 Å². The van der Waals surface area contributed by atoms with Gasteiger partial charge < -0.3 is 0 Å². The highest BCUT2D eigenvalue weighted by atomic mass is 14.8. The fourth-order valence-corrected chi connectivity index (χ4v) is 2.00. The molecule has 0 spiro atoms. The summed E-state index contributed by atoms with van der Waals surface area (Å²) < 4.78 is 0. The van der Waals surface area contributed by atoms with Crippen molar-refractivity contribution < 1.29 is 0 Å². The Morgan fingerprint density at radius 1 is 0.889 bits per heavy atom. The summed E-state index contributed by atoms with van der Waals surface area (Å²) in [7, 11) is 0. The normalized spacial score (nSPS) is 10.2. The Morgan fingerprint density at radius 2 is 1.61 bits per heavy atom. The van der Waals surface area contributed by atoms with Gasteiger partial charge >= 0.3 is 0 Å². The zero-order chi connectivity index (χ0) is 12.4. The molecule has 1 heterocycles. The molecule has 84 valence electrons. The molecule has 0 aliphatic heterocycles. The van der Waals surface area contributed by atoms with Crippen LogP contribution < -0.4 is 0 Å². The second kappa shape index (κ2) is 4.31. The molecule has 0 bridgehead atoms. The van der Waals surface area contributed by atoms with E-state index in [0.717, 1.165) is 22.2 Å². The summed E-state index contributed by atoms with van der Waals surface area (Å²) in [5.74, 6) is 0. The van der Waals surface area contributed by atoms with Crippen molar-refractivity contribution in [3.05, 3.63) is 72.1 Å².